The zero-order chi connectivity index (χ0) is 6.53. The van der Waals surface area contributed by atoms with E-state index in [2.05, 4.69) is 12.2 Å². The van der Waals surface area contributed by atoms with Gasteiger partial charge in [0.05, 0.1) is 6.10 Å². The van der Waals surface area contributed by atoms with Crippen molar-refractivity contribution in [1.82, 2.24) is 0 Å². The lowest BCUT2D eigenvalue weighted by Crippen LogP contribution is -2.02. The minimum atomic E-state index is -0.155. The molecule has 0 saturated carbocycles. The van der Waals surface area contributed by atoms with Gasteiger partial charge >= 0.3 is 0 Å². The molecule has 9 heavy (non-hydrogen) atoms. The summed E-state index contributed by atoms with van der Waals surface area (Å²) < 4.78 is 0. The molecule has 0 atom stereocenters. The highest BCUT2D eigenvalue weighted by Gasteiger charge is 1.97. The Morgan fingerprint density at radius 2 is 1.56 bits per heavy atom. The van der Waals surface area contributed by atoms with Crippen LogP contribution in [-0.2, 0) is 0 Å². The summed E-state index contributed by atoms with van der Waals surface area (Å²) in [6, 6.07) is 0. The Bertz CT molecular complexity index is 111. The molecule has 0 saturated heterocycles. The molecule has 1 nitrogen and oxygen atoms in total. The highest BCUT2D eigenvalue weighted by molar-refractivity contribution is 4.97. The average Bonchev–Trinajstić information content (AvgIpc) is 1.79. The lowest BCUT2D eigenvalue weighted by molar-refractivity contribution is 0.181. The molecule has 1 heteroatoms. The zero-order valence-electron chi connectivity index (χ0n) is 5.46. The van der Waals surface area contributed by atoms with Crippen LogP contribution in [0.5, 0.6) is 0 Å². The Kier molecular flexibility index (Phi) is 2.52. The summed E-state index contributed by atoms with van der Waals surface area (Å²) in [5, 5.41) is 9.11. The maximum absolute atomic E-state index is 9.11. The van der Waals surface area contributed by atoms with Gasteiger partial charge in [0.1, 0.15) is 0 Å². The van der Waals surface area contributed by atoms with E-state index in [-0.39, 0.29) is 6.10 Å². The van der Waals surface area contributed by atoms with Crippen molar-refractivity contribution in [2.75, 3.05) is 0 Å². The fourth-order valence-electron chi connectivity index (χ4n) is 0.874. The first-order chi connectivity index (χ1) is 4.39. The van der Waals surface area contributed by atoms with E-state index in [4.69, 9.17) is 5.11 Å². The molecule has 0 heterocycles. The van der Waals surface area contributed by atoms with Crippen LogP contribution in [0.4, 0.5) is 0 Å². The van der Waals surface area contributed by atoms with Crippen LogP contribution in [0.2, 0.25) is 0 Å². The van der Waals surface area contributed by atoms with Crippen LogP contribution in [0, 0.1) is 0 Å². The van der Waals surface area contributed by atoms with E-state index in [1.807, 2.05) is 12.2 Å². The van der Waals surface area contributed by atoms with Gasteiger partial charge < -0.3 is 5.11 Å². The summed E-state index contributed by atoms with van der Waals surface area (Å²) in [5.41, 5.74) is 0. The molecule has 0 radical (unpaired) electrons. The Labute approximate surface area is 55.7 Å². The van der Waals surface area contributed by atoms with Crippen LogP contribution < -0.4 is 0 Å². The van der Waals surface area contributed by atoms with E-state index < -0.39 is 0 Å². The molecule has 1 N–H and O–H groups in total. The van der Waals surface area contributed by atoms with Gasteiger partial charge in [0.15, 0.2) is 0 Å². The smallest absolute Gasteiger partial charge is 0.0609 e. The van der Waals surface area contributed by atoms with Crippen molar-refractivity contribution in [3.05, 3.63) is 24.3 Å². The molecule has 0 fully saturated rings. The van der Waals surface area contributed by atoms with E-state index in [9.17, 15) is 0 Å². The second kappa shape index (κ2) is 3.46. The van der Waals surface area contributed by atoms with Gasteiger partial charge in [-0.3, -0.25) is 0 Å². The minimum Gasteiger partial charge on any atom is -0.392 e. The van der Waals surface area contributed by atoms with Gasteiger partial charge in [0, 0.05) is 0 Å². The van der Waals surface area contributed by atoms with Gasteiger partial charge in [-0.05, 0) is 19.3 Å². The second-order valence-electron chi connectivity index (χ2n) is 2.30. The van der Waals surface area contributed by atoms with Crippen molar-refractivity contribution in [1.29, 1.82) is 0 Å². The van der Waals surface area contributed by atoms with Gasteiger partial charge in [0.25, 0.3) is 0 Å². The van der Waals surface area contributed by atoms with E-state index in [0.29, 0.717) is 0 Å². The van der Waals surface area contributed by atoms with Crippen LogP contribution in [0.1, 0.15) is 19.3 Å². The van der Waals surface area contributed by atoms with Gasteiger partial charge in [0.2, 0.25) is 0 Å². The molecule has 1 rings (SSSR count). The fourth-order valence-corrected chi connectivity index (χ4v) is 0.874. The van der Waals surface area contributed by atoms with Crippen LogP contribution in [0.25, 0.3) is 0 Å². The largest absolute Gasteiger partial charge is 0.392 e. The minimum absolute atomic E-state index is 0.155. The molecule has 0 aromatic rings. The third-order valence-electron chi connectivity index (χ3n) is 1.42. The van der Waals surface area contributed by atoms with Gasteiger partial charge in [-0.25, -0.2) is 0 Å². The quantitative estimate of drug-likeness (QED) is 0.487. The molecule has 0 spiro atoms. The van der Waals surface area contributed by atoms with E-state index in [1.165, 1.54) is 0 Å². The van der Waals surface area contributed by atoms with Crippen molar-refractivity contribution >= 4 is 0 Å². The predicted octanol–water partition coefficient (Wildman–Crippen LogP) is 1.64. The Balaban J connectivity index is 2.40. The number of allylic oxidation sites excluding steroid dienone is 2. The lowest BCUT2D eigenvalue weighted by Gasteiger charge is -2.04. The zero-order valence-corrected chi connectivity index (χ0v) is 5.46. The van der Waals surface area contributed by atoms with E-state index in [1.54, 1.807) is 0 Å². The molecular formula is C8H12O. The van der Waals surface area contributed by atoms with Gasteiger partial charge in [-0.1, -0.05) is 24.3 Å². The van der Waals surface area contributed by atoms with E-state index >= 15 is 0 Å². The van der Waals surface area contributed by atoms with Crippen LogP contribution in [-0.4, -0.2) is 11.2 Å². The Hall–Kier alpha value is -0.560. The maximum Gasteiger partial charge on any atom is 0.0609 e. The number of aliphatic hydroxyl groups is 1. The van der Waals surface area contributed by atoms with Gasteiger partial charge in [-0.2, -0.15) is 0 Å². The first-order valence-electron chi connectivity index (χ1n) is 3.37. The summed E-state index contributed by atoms with van der Waals surface area (Å²) in [6.07, 6.45) is 10.7. The summed E-state index contributed by atoms with van der Waals surface area (Å²) in [4.78, 5) is 0. The Morgan fingerprint density at radius 1 is 1.00 bits per heavy atom. The number of rotatable bonds is 0. The Morgan fingerprint density at radius 3 is 2.11 bits per heavy atom. The molecule has 0 unspecified atom stereocenters. The first-order valence-corrected chi connectivity index (χ1v) is 3.37. The normalized spacial score (nSPS) is 27.4. The molecule has 1 aliphatic carbocycles. The maximum atomic E-state index is 9.11. The molecule has 0 bridgehead atoms. The van der Waals surface area contributed by atoms with Crippen molar-refractivity contribution in [3.63, 3.8) is 0 Å². The lowest BCUT2D eigenvalue weighted by atomic mass is 10.1. The van der Waals surface area contributed by atoms with Crippen LogP contribution >= 0.6 is 0 Å². The monoisotopic (exact) mass is 124 g/mol. The van der Waals surface area contributed by atoms with Crippen LogP contribution in [0.3, 0.4) is 0 Å². The highest BCUT2D eigenvalue weighted by atomic mass is 16.3. The molecule has 0 aliphatic heterocycles. The standard InChI is InChI=1S/C8H12O/c9-8-6-4-2-1-3-5-7-8/h2-5,8-9H,1,6-7H2. The highest BCUT2D eigenvalue weighted by Crippen LogP contribution is 2.04. The molecule has 0 aromatic carbocycles. The number of hydrogen-bond acceptors (Lipinski definition) is 1. The molecule has 0 aromatic heterocycles. The van der Waals surface area contributed by atoms with Gasteiger partial charge in [-0.15, -0.1) is 0 Å². The van der Waals surface area contributed by atoms with Crippen molar-refractivity contribution < 1.29 is 5.11 Å². The summed E-state index contributed by atoms with van der Waals surface area (Å²) in [6.45, 7) is 0. The molecule has 50 valence electrons. The van der Waals surface area contributed by atoms with Crippen molar-refractivity contribution in [2.45, 2.75) is 25.4 Å². The summed E-state index contributed by atoms with van der Waals surface area (Å²) in [5.74, 6) is 0. The second-order valence-corrected chi connectivity index (χ2v) is 2.30. The number of aliphatic hydroxyl groups excluding tert-OH is 1. The summed E-state index contributed by atoms with van der Waals surface area (Å²) in [7, 11) is 0. The topological polar surface area (TPSA) is 20.2 Å². The van der Waals surface area contributed by atoms with Crippen molar-refractivity contribution in [3.8, 4) is 0 Å². The first kappa shape index (κ1) is 6.56. The average molecular weight is 124 g/mol. The summed E-state index contributed by atoms with van der Waals surface area (Å²) >= 11 is 0. The SMILES string of the molecule is OC1CC=CCC=CC1. The molecule has 1 aliphatic rings. The number of hydrogen-bond donors (Lipinski definition) is 1. The third kappa shape index (κ3) is 2.47. The van der Waals surface area contributed by atoms with Crippen LogP contribution in [0.15, 0.2) is 24.3 Å². The predicted molar refractivity (Wildman–Crippen MR) is 38.1 cm³/mol. The van der Waals surface area contributed by atoms with E-state index in [0.717, 1.165) is 19.3 Å². The molecule has 0 amide bonds. The van der Waals surface area contributed by atoms with Crippen molar-refractivity contribution in [2.24, 2.45) is 0 Å². The fraction of sp³-hybridized carbons (Fsp3) is 0.500. The third-order valence-corrected chi connectivity index (χ3v) is 1.42. The molecular weight excluding hydrogens is 112 g/mol.